The molecular weight excluding hydrogens is 308 g/mol. The number of benzene rings is 1. The Kier molecular flexibility index (Phi) is 4.29. The Morgan fingerprint density at radius 1 is 1.17 bits per heavy atom. The molecule has 0 amide bonds. The molecule has 0 unspecified atom stereocenters. The van der Waals surface area contributed by atoms with E-state index in [-0.39, 0.29) is 18.2 Å². The van der Waals surface area contributed by atoms with Crippen LogP contribution in [-0.4, -0.2) is 34.8 Å². The molecule has 1 aromatic carbocycles. The lowest BCUT2D eigenvalue weighted by Gasteiger charge is -2.10. The second kappa shape index (κ2) is 6.39. The van der Waals surface area contributed by atoms with Crippen molar-refractivity contribution in [3.05, 3.63) is 36.2 Å². The maximum absolute atomic E-state index is 12.6. The lowest BCUT2D eigenvalue weighted by molar-refractivity contribution is 0.0522. The van der Waals surface area contributed by atoms with Crippen molar-refractivity contribution in [1.29, 1.82) is 0 Å². The summed E-state index contributed by atoms with van der Waals surface area (Å²) in [7, 11) is 0. The molecule has 24 heavy (non-hydrogen) atoms. The number of fused-ring (bicyclic) bond motifs is 3. The van der Waals surface area contributed by atoms with Gasteiger partial charge in [-0.15, -0.1) is 0 Å². The number of nitrogens with one attached hydrogen (secondary N) is 1. The van der Waals surface area contributed by atoms with Gasteiger partial charge in [-0.25, -0.2) is 14.2 Å². The van der Waals surface area contributed by atoms with E-state index in [1.807, 2.05) is 38.1 Å². The van der Waals surface area contributed by atoms with Crippen molar-refractivity contribution in [2.75, 3.05) is 13.2 Å². The molecule has 6 heteroatoms. The van der Waals surface area contributed by atoms with Crippen molar-refractivity contribution in [1.82, 2.24) is 9.55 Å². The van der Waals surface area contributed by atoms with Crippen LogP contribution < -0.4 is 0 Å². The second-order valence-electron chi connectivity index (χ2n) is 5.97. The first-order valence-corrected chi connectivity index (χ1v) is 7.99. The number of H-pyrrole nitrogens is 1. The first-order valence-electron chi connectivity index (χ1n) is 7.99. The minimum atomic E-state index is -0.500. The zero-order valence-corrected chi connectivity index (χ0v) is 14.0. The Bertz CT molecular complexity index is 904. The van der Waals surface area contributed by atoms with Gasteiger partial charge in [-0.1, -0.05) is 32.0 Å². The molecule has 0 aliphatic rings. The minimum absolute atomic E-state index is 0.224. The quantitative estimate of drug-likeness (QED) is 0.736. The van der Waals surface area contributed by atoms with Gasteiger partial charge in [0.1, 0.15) is 5.69 Å². The highest BCUT2D eigenvalue weighted by molar-refractivity contribution is 6.17. The summed E-state index contributed by atoms with van der Waals surface area (Å²) in [6, 6.07) is 7.48. The maximum atomic E-state index is 12.6. The Labute approximate surface area is 139 Å². The van der Waals surface area contributed by atoms with Crippen molar-refractivity contribution in [3.63, 3.8) is 0 Å². The molecule has 0 radical (unpaired) electrons. The number of nitrogens with zero attached hydrogens (tertiary/aromatic N) is 1. The molecule has 126 valence electrons. The number of esters is 1. The van der Waals surface area contributed by atoms with Gasteiger partial charge in [0.15, 0.2) is 0 Å². The minimum Gasteiger partial charge on any atom is -0.461 e. The van der Waals surface area contributed by atoms with E-state index < -0.39 is 12.1 Å². The third-order valence-electron chi connectivity index (χ3n) is 3.71. The van der Waals surface area contributed by atoms with Gasteiger partial charge in [-0.2, -0.15) is 0 Å². The Balaban J connectivity index is 2.20. The van der Waals surface area contributed by atoms with Crippen molar-refractivity contribution in [2.45, 2.75) is 20.8 Å². The van der Waals surface area contributed by atoms with E-state index in [1.54, 1.807) is 13.1 Å². The Morgan fingerprint density at radius 3 is 2.62 bits per heavy atom. The van der Waals surface area contributed by atoms with Crippen molar-refractivity contribution >= 4 is 33.9 Å². The lowest BCUT2D eigenvalue weighted by Crippen LogP contribution is -2.18. The molecular formula is C18H20N2O4. The molecule has 0 spiro atoms. The average Bonchev–Trinajstić information content (AvgIpc) is 3.10. The number of hydrogen-bond donors (Lipinski definition) is 1. The Morgan fingerprint density at radius 2 is 1.92 bits per heavy atom. The fraction of sp³-hybridized carbons (Fsp3) is 0.333. The zero-order chi connectivity index (χ0) is 17.3. The number of carbonyl (C=O) groups excluding carboxylic acids is 2. The van der Waals surface area contributed by atoms with Gasteiger partial charge >= 0.3 is 12.1 Å². The predicted molar refractivity (Wildman–Crippen MR) is 91.3 cm³/mol. The fourth-order valence-electron chi connectivity index (χ4n) is 2.72. The molecule has 2 aromatic heterocycles. The first-order chi connectivity index (χ1) is 11.5. The molecule has 0 bridgehead atoms. The third-order valence-corrected chi connectivity index (χ3v) is 3.71. The fourth-order valence-corrected chi connectivity index (χ4v) is 2.72. The number of rotatable bonds is 4. The van der Waals surface area contributed by atoms with Gasteiger partial charge in [0, 0.05) is 17.0 Å². The highest BCUT2D eigenvalue weighted by Gasteiger charge is 2.24. The molecule has 2 heterocycles. The number of hydrogen-bond acceptors (Lipinski definition) is 4. The van der Waals surface area contributed by atoms with Gasteiger partial charge in [0.25, 0.3) is 0 Å². The van der Waals surface area contributed by atoms with Crippen LogP contribution in [0.3, 0.4) is 0 Å². The molecule has 0 fully saturated rings. The summed E-state index contributed by atoms with van der Waals surface area (Å²) in [5.41, 5.74) is 1.45. The largest absolute Gasteiger partial charge is 0.461 e. The summed E-state index contributed by atoms with van der Waals surface area (Å²) >= 11 is 0. The standard InChI is InChI=1S/C18H20N2O4/c1-4-23-17(21)15-16-13(9-19-15)12-7-5-6-8-14(12)20(16)18(22)24-10-11(2)3/h5-9,11,19H,4,10H2,1-3H3. The summed E-state index contributed by atoms with van der Waals surface area (Å²) in [6.07, 6.45) is 1.22. The molecule has 0 saturated carbocycles. The first kappa shape index (κ1) is 16.1. The van der Waals surface area contributed by atoms with Crippen LogP contribution in [0.4, 0.5) is 4.79 Å². The normalized spacial score (nSPS) is 11.3. The summed E-state index contributed by atoms with van der Waals surface area (Å²) < 4.78 is 11.9. The summed E-state index contributed by atoms with van der Waals surface area (Å²) in [5, 5.41) is 1.66. The van der Waals surface area contributed by atoms with Crippen molar-refractivity contribution in [3.8, 4) is 0 Å². The van der Waals surface area contributed by atoms with Crippen LogP contribution in [0.5, 0.6) is 0 Å². The van der Waals surface area contributed by atoms with E-state index >= 15 is 0 Å². The molecule has 6 nitrogen and oxygen atoms in total. The number of ether oxygens (including phenoxy) is 2. The highest BCUT2D eigenvalue weighted by atomic mass is 16.6. The smallest absolute Gasteiger partial charge is 0.419 e. The van der Waals surface area contributed by atoms with E-state index in [0.29, 0.717) is 17.6 Å². The van der Waals surface area contributed by atoms with Crippen LogP contribution in [0.1, 0.15) is 31.3 Å². The number of para-hydroxylation sites is 1. The van der Waals surface area contributed by atoms with Crippen LogP contribution >= 0.6 is 0 Å². The third kappa shape index (κ3) is 2.64. The SMILES string of the molecule is CCOC(=O)c1[nH]cc2c3ccccc3n(C(=O)OCC(C)C)c12. The molecule has 0 atom stereocenters. The molecule has 0 saturated heterocycles. The zero-order valence-electron chi connectivity index (χ0n) is 14.0. The molecule has 3 aromatic rings. The van der Waals surface area contributed by atoms with Crippen LogP contribution in [-0.2, 0) is 9.47 Å². The van der Waals surface area contributed by atoms with Gasteiger partial charge in [0.2, 0.25) is 0 Å². The topological polar surface area (TPSA) is 73.3 Å². The lowest BCUT2D eigenvalue weighted by atomic mass is 10.2. The molecule has 0 aliphatic carbocycles. The van der Waals surface area contributed by atoms with Crippen LogP contribution in [0.15, 0.2) is 30.5 Å². The van der Waals surface area contributed by atoms with Gasteiger partial charge in [-0.3, -0.25) is 0 Å². The van der Waals surface area contributed by atoms with Crippen LogP contribution in [0.25, 0.3) is 21.8 Å². The Hall–Kier alpha value is -2.76. The highest BCUT2D eigenvalue weighted by Crippen LogP contribution is 2.31. The van der Waals surface area contributed by atoms with Crippen LogP contribution in [0, 0.1) is 5.92 Å². The van der Waals surface area contributed by atoms with Gasteiger partial charge < -0.3 is 14.5 Å². The van der Waals surface area contributed by atoms with Gasteiger partial charge in [0.05, 0.1) is 24.2 Å². The van der Waals surface area contributed by atoms with E-state index in [0.717, 1.165) is 10.8 Å². The maximum Gasteiger partial charge on any atom is 0.419 e. The summed E-state index contributed by atoms with van der Waals surface area (Å²) in [6.45, 7) is 6.25. The monoisotopic (exact) mass is 328 g/mol. The number of aromatic nitrogens is 2. The molecule has 3 rings (SSSR count). The van der Waals surface area contributed by atoms with E-state index in [9.17, 15) is 9.59 Å². The molecule has 0 aliphatic heterocycles. The van der Waals surface area contributed by atoms with Gasteiger partial charge in [-0.05, 0) is 18.9 Å². The molecule has 1 N–H and O–H groups in total. The summed E-state index contributed by atoms with van der Waals surface area (Å²) in [4.78, 5) is 27.8. The second-order valence-corrected chi connectivity index (χ2v) is 5.97. The number of aromatic amines is 1. The van der Waals surface area contributed by atoms with E-state index in [2.05, 4.69) is 4.98 Å². The van der Waals surface area contributed by atoms with E-state index in [1.165, 1.54) is 4.57 Å². The van der Waals surface area contributed by atoms with Crippen LogP contribution in [0.2, 0.25) is 0 Å². The van der Waals surface area contributed by atoms with E-state index in [4.69, 9.17) is 9.47 Å². The average molecular weight is 328 g/mol. The van der Waals surface area contributed by atoms with Crippen molar-refractivity contribution in [2.24, 2.45) is 5.92 Å². The predicted octanol–water partition coefficient (Wildman–Crippen LogP) is 3.94. The summed E-state index contributed by atoms with van der Waals surface area (Å²) in [5.74, 6) is -0.268. The number of carbonyl (C=O) groups is 2. The van der Waals surface area contributed by atoms with Crippen molar-refractivity contribution < 1.29 is 19.1 Å².